The molecule has 1 aromatic rings. The largest absolute Gasteiger partial charge is 0.480 e. The lowest BCUT2D eigenvalue weighted by Crippen LogP contribution is -2.53. The number of hydrogen-bond donors (Lipinski definition) is 3. The van der Waals surface area contributed by atoms with Gasteiger partial charge in [-0.25, -0.2) is 4.79 Å². The van der Waals surface area contributed by atoms with E-state index in [1.807, 2.05) is 0 Å². The van der Waals surface area contributed by atoms with Crippen molar-refractivity contribution in [2.45, 2.75) is 45.9 Å². The van der Waals surface area contributed by atoms with Gasteiger partial charge in [0.2, 0.25) is 0 Å². The van der Waals surface area contributed by atoms with Gasteiger partial charge in [-0.3, -0.25) is 19.7 Å². The van der Waals surface area contributed by atoms with Crippen LogP contribution in [0.3, 0.4) is 0 Å². The molecule has 0 aromatic heterocycles. The lowest BCUT2D eigenvalue weighted by Gasteiger charge is -2.30. The number of rotatable bonds is 10. The number of benzene rings is 1. The highest BCUT2D eigenvalue weighted by Crippen LogP contribution is 2.25. The minimum Gasteiger partial charge on any atom is -0.480 e. The second-order valence-electron chi connectivity index (χ2n) is 6.97. The number of non-ortho nitro benzene ring substituents is 1. The molecule has 11 nitrogen and oxygen atoms in total. The number of aliphatic carboxylic acids is 1. The van der Waals surface area contributed by atoms with E-state index in [0.29, 0.717) is 5.56 Å². The molecule has 0 aliphatic heterocycles. The van der Waals surface area contributed by atoms with E-state index in [0.717, 1.165) is 0 Å². The molecule has 0 saturated carbocycles. The van der Waals surface area contributed by atoms with Gasteiger partial charge in [0.25, 0.3) is 5.69 Å². The standard InChI is InChI=1S/C19H25N3O8S/c1-10(2)16(18(25)26)21-19(31)20-15(9-29-11(3)23)17(30-12(4)24)13-5-7-14(8-6-13)22(27)28/h5-8,10,15-17H,9H2,1-4H3,(H,25,26)(H2,20,21,31)/t15-,16+,17-/m0/s1. The predicted octanol–water partition coefficient (Wildman–Crippen LogP) is 1.70. The quantitative estimate of drug-likeness (QED) is 0.204. The number of carboxylic acid groups (broad SMARTS) is 1. The van der Waals surface area contributed by atoms with Gasteiger partial charge in [-0.2, -0.15) is 0 Å². The number of thiocarbonyl (C=S) groups is 1. The van der Waals surface area contributed by atoms with Crippen molar-refractivity contribution in [2.24, 2.45) is 5.92 Å². The summed E-state index contributed by atoms with van der Waals surface area (Å²) in [5.74, 6) is -2.64. The summed E-state index contributed by atoms with van der Waals surface area (Å²) in [6.07, 6.45) is -1.04. The third kappa shape index (κ3) is 8.54. The SMILES string of the molecule is CC(=O)OC[C@H](NC(=S)N[C@@H](C(=O)O)C(C)C)[C@@H](OC(C)=O)c1ccc([N+](=O)[O-])cc1. The van der Waals surface area contributed by atoms with E-state index in [-0.39, 0.29) is 23.3 Å². The van der Waals surface area contributed by atoms with Crippen molar-refractivity contribution >= 4 is 40.9 Å². The van der Waals surface area contributed by atoms with Gasteiger partial charge < -0.3 is 25.2 Å². The van der Waals surface area contributed by atoms with Crippen molar-refractivity contribution in [2.75, 3.05) is 6.61 Å². The molecule has 31 heavy (non-hydrogen) atoms. The summed E-state index contributed by atoms with van der Waals surface area (Å²) < 4.78 is 10.4. The number of esters is 2. The molecule has 0 saturated heterocycles. The van der Waals surface area contributed by atoms with Crippen molar-refractivity contribution < 1.29 is 33.9 Å². The zero-order chi connectivity index (χ0) is 23.7. The summed E-state index contributed by atoms with van der Waals surface area (Å²) in [4.78, 5) is 44.8. The van der Waals surface area contributed by atoms with Crippen LogP contribution in [0.25, 0.3) is 0 Å². The number of carboxylic acids is 1. The first-order valence-corrected chi connectivity index (χ1v) is 9.68. The van der Waals surface area contributed by atoms with E-state index in [1.165, 1.54) is 38.1 Å². The van der Waals surface area contributed by atoms with Gasteiger partial charge in [-0.15, -0.1) is 0 Å². The number of nitrogens with zero attached hydrogens (tertiary/aromatic N) is 1. The van der Waals surface area contributed by atoms with Crippen LogP contribution in [-0.2, 0) is 23.9 Å². The van der Waals surface area contributed by atoms with Gasteiger partial charge in [0.05, 0.1) is 4.92 Å². The number of carbonyl (C=O) groups excluding carboxylic acids is 2. The molecule has 1 aromatic carbocycles. The zero-order valence-corrected chi connectivity index (χ0v) is 18.3. The Labute approximate surface area is 184 Å². The Morgan fingerprint density at radius 2 is 1.71 bits per heavy atom. The summed E-state index contributed by atoms with van der Waals surface area (Å²) in [5.41, 5.74) is 0.222. The van der Waals surface area contributed by atoms with Gasteiger partial charge >= 0.3 is 17.9 Å². The fourth-order valence-electron chi connectivity index (χ4n) is 2.62. The summed E-state index contributed by atoms with van der Waals surface area (Å²) in [5, 5.41) is 25.7. The minimum absolute atomic E-state index is 0.0580. The van der Waals surface area contributed by atoms with E-state index < -0.39 is 41.0 Å². The summed E-state index contributed by atoms with van der Waals surface area (Å²) >= 11 is 5.21. The molecule has 3 atom stereocenters. The Hall–Kier alpha value is -3.28. The molecule has 0 heterocycles. The van der Waals surface area contributed by atoms with Crippen LogP contribution in [0.15, 0.2) is 24.3 Å². The van der Waals surface area contributed by atoms with E-state index in [2.05, 4.69) is 10.6 Å². The van der Waals surface area contributed by atoms with Gasteiger partial charge in [-0.1, -0.05) is 13.8 Å². The highest BCUT2D eigenvalue weighted by atomic mass is 32.1. The molecule has 170 valence electrons. The van der Waals surface area contributed by atoms with E-state index in [1.54, 1.807) is 13.8 Å². The third-order valence-electron chi connectivity index (χ3n) is 4.09. The highest BCUT2D eigenvalue weighted by molar-refractivity contribution is 7.80. The smallest absolute Gasteiger partial charge is 0.326 e. The monoisotopic (exact) mass is 455 g/mol. The third-order valence-corrected chi connectivity index (χ3v) is 4.33. The maximum atomic E-state index is 11.7. The molecule has 0 spiro atoms. The Kier molecular flexibility index (Phi) is 9.80. The Morgan fingerprint density at radius 3 is 2.13 bits per heavy atom. The Balaban J connectivity index is 3.19. The first-order valence-electron chi connectivity index (χ1n) is 9.27. The molecular weight excluding hydrogens is 430 g/mol. The summed E-state index contributed by atoms with van der Waals surface area (Å²) in [7, 11) is 0. The van der Waals surface area contributed by atoms with Crippen LogP contribution in [-0.4, -0.2) is 51.7 Å². The molecule has 0 radical (unpaired) electrons. The van der Waals surface area contributed by atoms with Gasteiger partial charge in [-0.05, 0) is 35.8 Å². The molecule has 3 N–H and O–H groups in total. The second-order valence-corrected chi connectivity index (χ2v) is 7.37. The lowest BCUT2D eigenvalue weighted by atomic mass is 10.0. The van der Waals surface area contributed by atoms with Crippen molar-refractivity contribution in [3.8, 4) is 0 Å². The van der Waals surface area contributed by atoms with Gasteiger partial charge in [0.15, 0.2) is 11.2 Å². The maximum Gasteiger partial charge on any atom is 0.326 e. The second kappa shape index (κ2) is 11.8. The minimum atomic E-state index is -1.11. The Bertz CT molecular complexity index is 828. The van der Waals surface area contributed by atoms with Crippen LogP contribution in [0.2, 0.25) is 0 Å². The number of carbonyl (C=O) groups is 3. The van der Waals surface area contributed by atoms with Crippen LogP contribution in [0.1, 0.15) is 39.4 Å². The van der Waals surface area contributed by atoms with Crippen LogP contribution in [0.4, 0.5) is 5.69 Å². The van der Waals surface area contributed by atoms with Crippen LogP contribution in [0, 0.1) is 16.0 Å². The van der Waals surface area contributed by atoms with Crippen LogP contribution >= 0.6 is 12.2 Å². The fraction of sp³-hybridized carbons (Fsp3) is 0.474. The molecular formula is C19H25N3O8S. The lowest BCUT2D eigenvalue weighted by molar-refractivity contribution is -0.384. The first kappa shape index (κ1) is 25.8. The number of ether oxygens (including phenoxy) is 2. The molecule has 0 fully saturated rings. The van der Waals surface area contributed by atoms with E-state index in [9.17, 15) is 29.6 Å². The molecule has 0 aliphatic rings. The van der Waals surface area contributed by atoms with Crippen LogP contribution in [0.5, 0.6) is 0 Å². The number of nitro groups is 1. The number of nitrogens with one attached hydrogen (secondary N) is 2. The molecule has 0 aliphatic carbocycles. The molecule has 12 heteroatoms. The van der Waals surface area contributed by atoms with Crippen molar-refractivity contribution in [3.63, 3.8) is 0 Å². The predicted molar refractivity (Wildman–Crippen MR) is 113 cm³/mol. The number of nitro benzene ring substituents is 1. The fourth-order valence-corrected chi connectivity index (χ4v) is 2.90. The topological polar surface area (TPSA) is 157 Å². The molecule has 0 unspecified atom stereocenters. The first-order chi connectivity index (χ1) is 14.4. The molecule has 0 amide bonds. The molecule has 1 rings (SSSR count). The number of hydrogen-bond acceptors (Lipinski definition) is 8. The average Bonchev–Trinajstić information content (AvgIpc) is 2.67. The maximum absolute atomic E-state index is 11.7. The van der Waals surface area contributed by atoms with Gasteiger partial charge in [0, 0.05) is 26.0 Å². The average molecular weight is 455 g/mol. The molecule has 0 bridgehead atoms. The summed E-state index contributed by atoms with van der Waals surface area (Å²) in [6.45, 7) is 5.49. The van der Waals surface area contributed by atoms with E-state index >= 15 is 0 Å². The highest BCUT2D eigenvalue weighted by Gasteiger charge is 2.30. The van der Waals surface area contributed by atoms with Gasteiger partial charge in [0.1, 0.15) is 18.7 Å². The van der Waals surface area contributed by atoms with Crippen molar-refractivity contribution in [1.82, 2.24) is 10.6 Å². The van der Waals surface area contributed by atoms with Crippen LogP contribution < -0.4 is 10.6 Å². The van der Waals surface area contributed by atoms with Crippen molar-refractivity contribution in [3.05, 3.63) is 39.9 Å². The zero-order valence-electron chi connectivity index (χ0n) is 17.5. The normalized spacial score (nSPS) is 13.5. The Morgan fingerprint density at radius 1 is 1.13 bits per heavy atom. The summed E-state index contributed by atoms with van der Waals surface area (Å²) in [6, 6.07) is 3.39. The van der Waals surface area contributed by atoms with Crippen molar-refractivity contribution in [1.29, 1.82) is 0 Å². The van der Waals surface area contributed by atoms with E-state index in [4.69, 9.17) is 21.7 Å².